The molecule has 0 aromatic heterocycles. The second-order valence-electron chi connectivity index (χ2n) is 4.54. The monoisotopic (exact) mass is 210 g/mol. The van der Waals surface area contributed by atoms with Crippen LogP contribution in [0.5, 0.6) is 0 Å². The van der Waals surface area contributed by atoms with E-state index in [0.29, 0.717) is 12.5 Å². The van der Waals surface area contributed by atoms with Gasteiger partial charge in [0.25, 0.3) is 0 Å². The van der Waals surface area contributed by atoms with Crippen LogP contribution in [0.1, 0.15) is 26.2 Å². The van der Waals surface area contributed by atoms with Gasteiger partial charge in [0.1, 0.15) is 5.78 Å². The molecule has 0 aromatic carbocycles. The molecule has 4 heteroatoms. The van der Waals surface area contributed by atoms with Crippen LogP contribution in [-0.2, 0) is 9.59 Å². The summed E-state index contributed by atoms with van der Waals surface area (Å²) in [6.07, 6.45) is 2.52. The molecular formula is C11H18N2O2. The first-order valence-corrected chi connectivity index (χ1v) is 5.62. The summed E-state index contributed by atoms with van der Waals surface area (Å²) in [5.41, 5.74) is 0. The first kappa shape index (κ1) is 10.6. The molecule has 3 unspecified atom stereocenters. The third-order valence-corrected chi connectivity index (χ3v) is 3.71. The third-order valence-electron chi connectivity index (χ3n) is 3.71. The van der Waals surface area contributed by atoms with Gasteiger partial charge in [-0.15, -0.1) is 0 Å². The minimum Gasteiger partial charge on any atom is -0.337 e. The Balaban J connectivity index is 2.23. The molecule has 1 amide bonds. The number of nitrogens with one attached hydrogen (secondary N) is 1. The summed E-state index contributed by atoms with van der Waals surface area (Å²) in [7, 11) is 1.91. The van der Waals surface area contributed by atoms with Crippen LogP contribution in [0.4, 0.5) is 0 Å². The van der Waals surface area contributed by atoms with Crippen LogP contribution >= 0.6 is 0 Å². The van der Waals surface area contributed by atoms with E-state index in [0.717, 1.165) is 19.4 Å². The number of carbonyl (C=O) groups excluding carboxylic acids is 2. The number of likely N-dealkylation sites (N-methyl/N-ethyl adjacent to an activating group) is 1. The fraction of sp³-hybridized carbons (Fsp3) is 0.818. The average molecular weight is 210 g/mol. The molecule has 0 radical (unpaired) electrons. The molecule has 0 bridgehead atoms. The summed E-state index contributed by atoms with van der Waals surface area (Å²) in [4.78, 5) is 25.1. The van der Waals surface area contributed by atoms with E-state index in [4.69, 9.17) is 0 Å². The molecule has 2 aliphatic rings. The van der Waals surface area contributed by atoms with Crippen molar-refractivity contribution in [2.24, 2.45) is 5.92 Å². The largest absolute Gasteiger partial charge is 0.337 e. The van der Waals surface area contributed by atoms with Crippen LogP contribution in [0.2, 0.25) is 0 Å². The smallest absolute Gasteiger partial charge is 0.223 e. The Labute approximate surface area is 90.0 Å². The lowest BCUT2D eigenvalue weighted by Gasteiger charge is -2.38. The summed E-state index contributed by atoms with van der Waals surface area (Å²) < 4.78 is 0. The van der Waals surface area contributed by atoms with E-state index in [1.165, 1.54) is 0 Å². The summed E-state index contributed by atoms with van der Waals surface area (Å²) >= 11 is 0. The van der Waals surface area contributed by atoms with Gasteiger partial charge in [-0.1, -0.05) is 0 Å². The lowest BCUT2D eigenvalue weighted by Crippen LogP contribution is -2.54. The van der Waals surface area contributed by atoms with Gasteiger partial charge in [-0.2, -0.15) is 0 Å². The van der Waals surface area contributed by atoms with Crippen molar-refractivity contribution in [1.82, 2.24) is 10.2 Å². The van der Waals surface area contributed by atoms with E-state index in [-0.39, 0.29) is 23.7 Å². The van der Waals surface area contributed by atoms with Crippen molar-refractivity contribution in [3.05, 3.63) is 0 Å². The molecule has 2 heterocycles. The fourth-order valence-corrected chi connectivity index (χ4v) is 2.93. The van der Waals surface area contributed by atoms with Gasteiger partial charge in [-0.3, -0.25) is 9.59 Å². The Morgan fingerprint density at radius 2 is 2.27 bits per heavy atom. The summed E-state index contributed by atoms with van der Waals surface area (Å²) in [6, 6.07) is 0.396. The third kappa shape index (κ3) is 1.67. The highest BCUT2D eigenvalue weighted by Gasteiger charge is 2.47. The Hall–Kier alpha value is -0.900. The molecule has 84 valence electrons. The maximum atomic E-state index is 11.7. The fourth-order valence-electron chi connectivity index (χ4n) is 2.93. The normalized spacial score (nSPS) is 35.5. The molecule has 0 saturated carbocycles. The van der Waals surface area contributed by atoms with Gasteiger partial charge in [-0.05, 0) is 26.8 Å². The van der Waals surface area contributed by atoms with Crippen LogP contribution in [0.3, 0.4) is 0 Å². The van der Waals surface area contributed by atoms with E-state index in [1.807, 2.05) is 11.9 Å². The summed E-state index contributed by atoms with van der Waals surface area (Å²) in [6.45, 7) is 2.42. The minimum absolute atomic E-state index is 0.0877. The Kier molecular flexibility index (Phi) is 2.78. The van der Waals surface area contributed by atoms with Gasteiger partial charge in [0.15, 0.2) is 0 Å². The predicted molar refractivity (Wildman–Crippen MR) is 56.4 cm³/mol. The van der Waals surface area contributed by atoms with Crippen molar-refractivity contribution in [2.75, 3.05) is 13.6 Å². The number of ketones is 1. The molecule has 4 nitrogen and oxygen atoms in total. The maximum Gasteiger partial charge on any atom is 0.223 e. The minimum atomic E-state index is -0.0877. The number of hydrogen-bond donors (Lipinski definition) is 1. The standard InChI is InChI=1S/C11H18N2O2/c1-7(14)8-6-10(15)13-5-3-4-9(12-2)11(8)13/h8-9,11-12H,3-6H2,1-2H3. The molecule has 3 atom stereocenters. The molecule has 0 spiro atoms. The molecule has 0 aliphatic carbocycles. The van der Waals surface area contributed by atoms with Gasteiger partial charge in [0.05, 0.1) is 6.04 Å². The molecule has 15 heavy (non-hydrogen) atoms. The summed E-state index contributed by atoms with van der Waals surface area (Å²) in [5, 5.41) is 3.23. The maximum absolute atomic E-state index is 11.7. The number of amides is 1. The zero-order valence-corrected chi connectivity index (χ0v) is 9.32. The lowest BCUT2D eigenvalue weighted by molar-refractivity contribution is -0.130. The van der Waals surface area contributed by atoms with Crippen LogP contribution in [-0.4, -0.2) is 42.3 Å². The topological polar surface area (TPSA) is 49.4 Å². The van der Waals surface area contributed by atoms with E-state index in [9.17, 15) is 9.59 Å². The van der Waals surface area contributed by atoms with Gasteiger partial charge >= 0.3 is 0 Å². The number of fused-ring (bicyclic) bond motifs is 1. The zero-order valence-electron chi connectivity index (χ0n) is 9.32. The highest BCUT2D eigenvalue weighted by molar-refractivity contribution is 5.90. The van der Waals surface area contributed by atoms with Crippen molar-refractivity contribution in [2.45, 2.75) is 38.3 Å². The SMILES string of the molecule is CNC1CCCN2C(=O)CC(C(C)=O)C12. The van der Waals surface area contributed by atoms with Crippen LogP contribution in [0.15, 0.2) is 0 Å². The van der Waals surface area contributed by atoms with Crippen molar-refractivity contribution >= 4 is 11.7 Å². The van der Waals surface area contributed by atoms with Crippen molar-refractivity contribution < 1.29 is 9.59 Å². The number of Topliss-reactive ketones (excluding diaryl/α,β-unsaturated/α-hetero) is 1. The molecule has 2 aliphatic heterocycles. The Bertz CT molecular complexity index is 290. The van der Waals surface area contributed by atoms with Gasteiger partial charge in [0, 0.05) is 24.9 Å². The first-order chi connectivity index (χ1) is 7.15. The number of hydrogen-bond acceptors (Lipinski definition) is 3. The number of piperidine rings is 1. The van der Waals surface area contributed by atoms with Gasteiger partial charge < -0.3 is 10.2 Å². The van der Waals surface area contributed by atoms with Crippen molar-refractivity contribution in [3.8, 4) is 0 Å². The molecule has 1 N–H and O–H groups in total. The zero-order chi connectivity index (χ0) is 11.0. The predicted octanol–water partition coefficient (Wildman–Crippen LogP) is 0.174. The van der Waals surface area contributed by atoms with E-state index < -0.39 is 0 Å². The van der Waals surface area contributed by atoms with Crippen LogP contribution in [0.25, 0.3) is 0 Å². The number of nitrogens with zero attached hydrogens (tertiary/aromatic N) is 1. The highest BCUT2D eigenvalue weighted by atomic mass is 16.2. The van der Waals surface area contributed by atoms with E-state index in [2.05, 4.69) is 5.32 Å². The van der Waals surface area contributed by atoms with Gasteiger partial charge in [0.2, 0.25) is 5.91 Å². The quantitative estimate of drug-likeness (QED) is 0.707. The number of carbonyl (C=O) groups is 2. The lowest BCUT2D eigenvalue weighted by atomic mass is 9.86. The van der Waals surface area contributed by atoms with Crippen LogP contribution < -0.4 is 5.32 Å². The van der Waals surface area contributed by atoms with Crippen molar-refractivity contribution in [1.29, 1.82) is 0 Å². The second-order valence-corrected chi connectivity index (χ2v) is 4.54. The summed E-state index contributed by atoms with van der Waals surface area (Å²) in [5.74, 6) is 0.216. The van der Waals surface area contributed by atoms with E-state index in [1.54, 1.807) is 6.92 Å². The average Bonchev–Trinajstić information content (AvgIpc) is 2.56. The molecule has 2 saturated heterocycles. The molecule has 2 fully saturated rings. The molecule has 2 rings (SSSR count). The van der Waals surface area contributed by atoms with Gasteiger partial charge in [-0.25, -0.2) is 0 Å². The Morgan fingerprint density at radius 3 is 2.87 bits per heavy atom. The molecular weight excluding hydrogens is 192 g/mol. The second kappa shape index (κ2) is 3.93. The van der Waals surface area contributed by atoms with Crippen LogP contribution in [0, 0.1) is 5.92 Å². The number of rotatable bonds is 2. The first-order valence-electron chi connectivity index (χ1n) is 5.62. The highest BCUT2D eigenvalue weighted by Crippen LogP contribution is 2.33. The molecule has 0 aromatic rings. The van der Waals surface area contributed by atoms with Crippen molar-refractivity contribution in [3.63, 3.8) is 0 Å². The Morgan fingerprint density at radius 1 is 1.53 bits per heavy atom. The van der Waals surface area contributed by atoms with E-state index >= 15 is 0 Å².